The predicted octanol–water partition coefficient (Wildman–Crippen LogP) is 3.60. The Morgan fingerprint density at radius 1 is 1.07 bits per heavy atom. The molecule has 152 valence electrons. The topological polar surface area (TPSA) is 79.0 Å². The van der Waals surface area contributed by atoms with Gasteiger partial charge in [0.05, 0.1) is 24.7 Å². The molecule has 0 atom stereocenters. The second kappa shape index (κ2) is 7.94. The van der Waals surface area contributed by atoms with Crippen LogP contribution in [0.2, 0.25) is 0 Å². The maximum absolute atomic E-state index is 13.3. The van der Waals surface area contributed by atoms with Gasteiger partial charge in [-0.3, -0.25) is 9.59 Å². The predicted molar refractivity (Wildman–Crippen MR) is 115 cm³/mol. The Morgan fingerprint density at radius 2 is 1.77 bits per heavy atom. The van der Waals surface area contributed by atoms with Crippen molar-refractivity contribution >= 4 is 16.7 Å². The Bertz CT molecular complexity index is 1260. The zero-order chi connectivity index (χ0) is 21.3. The normalized spacial score (nSPS) is 11.2. The molecule has 0 fully saturated rings. The Hall–Kier alpha value is -3.74. The standard InChI is InChI=1S/C23H22N4O3/c1-15(2)21-19-13-24-27(17-7-5-4-6-8-17)22(19)23(29)26(25-21)14-20(28)16-9-11-18(30-3)12-10-16/h4-13,15H,14H2,1-3H3. The summed E-state index contributed by atoms with van der Waals surface area (Å²) in [7, 11) is 1.57. The molecule has 2 aromatic heterocycles. The van der Waals surface area contributed by atoms with Gasteiger partial charge in [-0.05, 0) is 42.3 Å². The van der Waals surface area contributed by atoms with E-state index in [1.807, 2.05) is 44.2 Å². The highest BCUT2D eigenvalue weighted by Gasteiger charge is 2.20. The number of ketones is 1. The molecule has 2 aromatic carbocycles. The van der Waals surface area contributed by atoms with Crippen molar-refractivity contribution in [3.63, 3.8) is 0 Å². The summed E-state index contributed by atoms with van der Waals surface area (Å²) in [6.45, 7) is 3.85. The summed E-state index contributed by atoms with van der Waals surface area (Å²) in [6, 6.07) is 16.3. The minimum absolute atomic E-state index is 0.0591. The number of methoxy groups -OCH3 is 1. The molecule has 7 heteroatoms. The third-order valence-electron chi connectivity index (χ3n) is 4.96. The first-order valence-corrected chi connectivity index (χ1v) is 9.71. The summed E-state index contributed by atoms with van der Waals surface area (Å²) in [5.41, 5.74) is 2.07. The summed E-state index contributed by atoms with van der Waals surface area (Å²) < 4.78 is 7.99. The van der Waals surface area contributed by atoms with Crippen LogP contribution >= 0.6 is 0 Å². The molecule has 0 aliphatic rings. The number of aromatic nitrogens is 4. The Labute approximate surface area is 173 Å². The zero-order valence-electron chi connectivity index (χ0n) is 17.1. The Balaban J connectivity index is 1.82. The van der Waals surface area contributed by atoms with Gasteiger partial charge in [0.15, 0.2) is 5.78 Å². The number of Topliss-reactive ketones (excluding diaryl/α,β-unsaturated/α-hetero) is 1. The van der Waals surface area contributed by atoms with Crippen LogP contribution in [-0.4, -0.2) is 32.5 Å². The fraction of sp³-hybridized carbons (Fsp3) is 0.217. The zero-order valence-corrected chi connectivity index (χ0v) is 17.1. The lowest BCUT2D eigenvalue weighted by Crippen LogP contribution is -2.29. The fourth-order valence-corrected chi connectivity index (χ4v) is 3.40. The van der Waals surface area contributed by atoms with Crippen LogP contribution < -0.4 is 10.3 Å². The van der Waals surface area contributed by atoms with Crippen molar-refractivity contribution in [3.8, 4) is 11.4 Å². The lowest BCUT2D eigenvalue weighted by molar-refractivity contribution is 0.0965. The largest absolute Gasteiger partial charge is 0.497 e. The van der Waals surface area contributed by atoms with Crippen LogP contribution in [0.25, 0.3) is 16.6 Å². The average Bonchev–Trinajstić information content (AvgIpc) is 3.21. The third kappa shape index (κ3) is 3.50. The van der Waals surface area contributed by atoms with Gasteiger partial charge in [0.1, 0.15) is 17.8 Å². The quantitative estimate of drug-likeness (QED) is 0.461. The number of hydrogen-bond donors (Lipinski definition) is 0. The molecular weight excluding hydrogens is 380 g/mol. The van der Waals surface area contributed by atoms with Crippen LogP contribution in [0.5, 0.6) is 5.75 Å². The highest BCUT2D eigenvalue weighted by atomic mass is 16.5. The van der Waals surface area contributed by atoms with Gasteiger partial charge >= 0.3 is 0 Å². The second-order valence-corrected chi connectivity index (χ2v) is 7.31. The van der Waals surface area contributed by atoms with Crippen molar-refractivity contribution in [2.24, 2.45) is 0 Å². The molecule has 30 heavy (non-hydrogen) atoms. The molecule has 0 aliphatic carbocycles. The van der Waals surface area contributed by atoms with Crippen LogP contribution in [0.1, 0.15) is 35.8 Å². The van der Waals surface area contributed by atoms with Crippen LogP contribution in [-0.2, 0) is 6.54 Å². The van der Waals surface area contributed by atoms with Gasteiger partial charge in [0, 0.05) is 10.9 Å². The first-order chi connectivity index (χ1) is 14.5. The molecule has 4 aromatic rings. The van der Waals surface area contributed by atoms with Crippen molar-refractivity contribution in [1.82, 2.24) is 19.6 Å². The number of carbonyl (C=O) groups excluding carboxylic acids is 1. The van der Waals surface area contributed by atoms with E-state index >= 15 is 0 Å². The summed E-state index contributed by atoms with van der Waals surface area (Å²) in [5.74, 6) is 0.521. The second-order valence-electron chi connectivity index (χ2n) is 7.31. The summed E-state index contributed by atoms with van der Waals surface area (Å²) in [5, 5.41) is 9.64. The van der Waals surface area contributed by atoms with E-state index in [0.29, 0.717) is 22.2 Å². The lowest BCUT2D eigenvalue weighted by Gasteiger charge is -2.12. The van der Waals surface area contributed by atoms with Crippen molar-refractivity contribution in [2.45, 2.75) is 26.3 Å². The maximum Gasteiger partial charge on any atom is 0.293 e. The molecule has 0 saturated carbocycles. The molecular formula is C23H22N4O3. The number of rotatable bonds is 6. The molecule has 0 bridgehead atoms. The maximum atomic E-state index is 13.3. The highest BCUT2D eigenvalue weighted by Crippen LogP contribution is 2.23. The van der Waals surface area contributed by atoms with Crippen molar-refractivity contribution < 1.29 is 9.53 Å². The summed E-state index contributed by atoms with van der Waals surface area (Å²) >= 11 is 0. The van der Waals surface area contributed by atoms with Crippen LogP contribution in [0.4, 0.5) is 0 Å². The molecule has 0 aliphatic heterocycles. The van der Waals surface area contributed by atoms with Crippen molar-refractivity contribution in [1.29, 1.82) is 0 Å². The smallest absolute Gasteiger partial charge is 0.293 e. The number of carbonyl (C=O) groups is 1. The van der Waals surface area contributed by atoms with Gasteiger partial charge in [-0.15, -0.1) is 0 Å². The van der Waals surface area contributed by atoms with Crippen LogP contribution in [0.3, 0.4) is 0 Å². The number of hydrogen-bond acceptors (Lipinski definition) is 5. The summed E-state index contributed by atoms with van der Waals surface area (Å²) in [6.07, 6.45) is 1.67. The Kier molecular flexibility index (Phi) is 5.18. The van der Waals surface area contributed by atoms with Crippen molar-refractivity contribution in [2.75, 3.05) is 7.11 Å². The van der Waals surface area contributed by atoms with Gasteiger partial charge in [-0.1, -0.05) is 32.0 Å². The van der Waals surface area contributed by atoms with E-state index in [-0.39, 0.29) is 23.8 Å². The number of fused-ring (bicyclic) bond motifs is 1. The highest BCUT2D eigenvalue weighted by molar-refractivity contribution is 5.96. The monoisotopic (exact) mass is 402 g/mol. The van der Waals surface area contributed by atoms with E-state index in [0.717, 1.165) is 11.4 Å². The van der Waals surface area contributed by atoms with Gasteiger partial charge in [0.25, 0.3) is 5.56 Å². The molecule has 0 saturated heterocycles. The number of benzene rings is 2. The molecule has 0 unspecified atom stereocenters. The number of ether oxygens (including phenoxy) is 1. The van der Waals surface area contributed by atoms with E-state index in [1.165, 1.54) is 4.68 Å². The molecule has 7 nitrogen and oxygen atoms in total. The lowest BCUT2D eigenvalue weighted by atomic mass is 10.1. The third-order valence-corrected chi connectivity index (χ3v) is 4.96. The fourth-order valence-electron chi connectivity index (χ4n) is 3.40. The van der Waals surface area contributed by atoms with Gasteiger partial charge in [-0.25, -0.2) is 9.36 Å². The van der Waals surface area contributed by atoms with Gasteiger partial charge in [-0.2, -0.15) is 10.2 Å². The van der Waals surface area contributed by atoms with Gasteiger partial charge in [0.2, 0.25) is 0 Å². The average molecular weight is 402 g/mol. The van der Waals surface area contributed by atoms with E-state index in [1.54, 1.807) is 42.3 Å². The molecule has 0 amide bonds. The first-order valence-electron chi connectivity index (χ1n) is 9.71. The first kappa shape index (κ1) is 19.6. The minimum atomic E-state index is -0.349. The van der Waals surface area contributed by atoms with Crippen molar-refractivity contribution in [3.05, 3.63) is 82.4 Å². The molecule has 0 N–H and O–H groups in total. The molecule has 2 heterocycles. The van der Waals surface area contributed by atoms with E-state index in [2.05, 4.69) is 10.2 Å². The number of nitrogens with zero attached hydrogens (tertiary/aromatic N) is 4. The van der Waals surface area contributed by atoms with E-state index in [4.69, 9.17) is 4.74 Å². The minimum Gasteiger partial charge on any atom is -0.497 e. The Morgan fingerprint density at radius 3 is 2.40 bits per heavy atom. The molecule has 4 rings (SSSR count). The van der Waals surface area contributed by atoms with E-state index < -0.39 is 0 Å². The van der Waals surface area contributed by atoms with Crippen LogP contribution in [0.15, 0.2) is 65.6 Å². The molecule has 0 radical (unpaired) electrons. The SMILES string of the molecule is COc1ccc(C(=O)Cn2nc(C(C)C)c3cnn(-c4ccccc4)c3c2=O)cc1. The summed E-state index contributed by atoms with van der Waals surface area (Å²) in [4.78, 5) is 26.1. The number of para-hydroxylation sites is 1. The van der Waals surface area contributed by atoms with Gasteiger partial charge < -0.3 is 4.74 Å². The van der Waals surface area contributed by atoms with Crippen LogP contribution in [0, 0.1) is 0 Å². The molecule has 0 spiro atoms. The van der Waals surface area contributed by atoms with E-state index in [9.17, 15) is 9.59 Å².